The fourth-order valence-corrected chi connectivity index (χ4v) is 3.67. The Morgan fingerprint density at radius 3 is 1.94 bits per heavy atom. The van der Waals surface area contributed by atoms with Gasteiger partial charge in [0, 0.05) is 29.8 Å². The molecule has 0 aliphatic heterocycles. The number of rotatable bonds is 12. The predicted octanol–water partition coefficient (Wildman–Crippen LogP) is 4.30. The van der Waals surface area contributed by atoms with Gasteiger partial charge in [0.2, 0.25) is 0 Å². The minimum Gasteiger partial charge on any atom is -0.399 e. The number of carbonyl (C=O) groups is 2. The molecule has 31 heavy (non-hydrogen) atoms. The van der Waals surface area contributed by atoms with E-state index in [9.17, 15) is 9.59 Å². The highest BCUT2D eigenvalue weighted by atomic mass is 16.7. The fourth-order valence-electron chi connectivity index (χ4n) is 3.67. The van der Waals surface area contributed by atoms with Crippen molar-refractivity contribution in [2.45, 2.75) is 75.2 Å². The molecule has 0 aromatic rings. The summed E-state index contributed by atoms with van der Waals surface area (Å²) in [6, 6.07) is 0. The summed E-state index contributed by atoms with van der Waals surface area (Å²) in [6.07, 6.45) is 1.06. The first kappa shape index (κ1) is 29.3. The van der Waals surface area contributed by atoms with Gasteiger partial charge in [-0.2, -0.15) is 0 Å². The van der Waals surface area contributed by atoms with Crippen LogP contribution in [0.5, 0.6) is 0 Å². The number of oxime groups is 1. The zero-order chi connectivity index (χ0) is 24.6. The van der Waals surface area contributed by atoms with E-state index in [2.05, 4.69) is 32.9 Å². The summed E-state index contributed by atoms with van der Waals surface area (Å²) in [4.78, 5) is 41.5. The van der Waals surface area contributed by atoms with Crippen LogP contribution in [0.4, 0.5) is 0 Å². The van der Waals surface area contributed by atoms with E-state index in [0.717, 1.165) is 5.71 Å². The molecule has 2 amide bonds. The largest absolute Gasteiger partial charge is 0.399 e. The zero-order valence-electron chi connectivity index (χ0n) is 21.8. The topological polar surface area (TPSA) is 80.7 Å². The Balaban J connectivity index is 5.17. The molecule has 0 rings (SSSR count). The second-order valence-corrected chi connectivity index (χ2v) is 10.4. The van der Waals surface area contributed by atoms with Crippen molar-refractivity contribution < 1.29 is 24.1 Å². The number of amides is 2. The van der Waals surface area contributed by atoms with Crippen LogP contribution in [0.3, 0.4) is 0 Å². The first-order valence-electron chi connectivity index (χ1n) is 10.9. The first-order chi connectivity index (χ1) is 14.0. The molecule has 0 aromatic carbocycles. The molecule has 0 spiro atoms. The lowest BCUT2D eigenvalue weighted by Gasteiger charge is -2.35. The van der Waals surface area contributed by atoms with Crippen molar-refractivity contribution in [3.8, 4) is 0 Å². The Morgan fingerprint density at radius 1 is 0.968 bits per heavy atom. The van der Waals surface area contributed by atoms with Gasteiger partial charge in [-0.1, -0.05) is 60.5 Å². The number of hydrogen-bond donors (Lipinski definition) is 0. The summed E-state index contributed by atoms with van der Waals surface area (Å²) in [5.74, 6) is -0.182. The van der Waals surface area contributed by atoms with Gasteiger partial charge in [-0.3, -0.25) is 19.3 Å². The SMILES string of the molecule is CCN(OCCC(C)(C)C(=O)N(C)OC)C(=O)C(C)(C)CC(C)/C(=N\OC)C(C)(C)C. The Labute approximate surface area is 189 Å². The van der Waals surface area contributed by atoms with Crippen LogP contribution in [0.15, 0.2) is 5.16 Å². The highest BCUT2D eigenvalue weighted by molar-refractivity contribution is 5.91. The Morgan fingerprint density at radius 2 is 1.52 bits per heavy atom. The molecule has 1 atom stereocenters. The third-order valence-electron chi connectivity index (χ3n) is 5.45. The Kier molecular flexibility index (Phi) is 11.2. The van der Waals surface area contributed by atoms with Gasteiger partial charge in [-0.25, -0.2) is 10.1 Å². The minimum absolute atomic E-state index is 0.0544. The third kappa shape index (κ3) is 8.77. The molecule has 0 aliphatic carbocycles. The predicted molar refractivity (Wildman–Crippen MR) is 123 cm³/mol. The van der Waals surface area contributed by atoms with E-state index < -0.39 is 10.8 Å². The van der Waals surface area contributed by atoms with Crippen molar-refractivity contribution in [2.75, 3.05) is 34.4 Å². The second-order valence-electron chi connectivity index (χ2n) is 10.4. The third-order valence-corrected chi connectivity index (χ3v) is 5.45. The molecular weight excluding hydrogens is 398 g/mol. The van der Waals surface area contributed by atoms with Gasteiger partial charge in [-0.05, 0) is 25.7 Å². The molecule has 0 aromatic heterocycles. The normalized spacial score (nSPS) is 14.3. The van der Waals surface area contributed by atoms with Crippen LogP contribution >= 0.6 is 0 Å². The fraction of sp³-hybridized carbons (Fsp3) is 0.870. The van der Waals surface area contributed by atoms with E-state index in [1.54, 1.807) is 7.05 Å². The lowest BCUT2D eigenvalue weighted by atomic mass is 9.75. The lowest BCUT2D eigenvalue weighted by Crippen LogP contribution is -2.44. The maximum absolute atomic E-state index is 13.2. The molecular formula is C23H45N3O5. The molecule has 0 saturated carbocycles. The molecule has 182 valence electrons. The first-order valence-corrected chi connectivity index (χ1v) is 10.9. The van der Waals surface area contributed by atoms with Crippen molar-refractivity contribution in [1.82, 2.24) is 10.1 Å². The summed E-state index contributed by atoms with van der Waals surface area (Å²) < 4.78 is 0. The highest BCUT2D eigenvalue weighted by Gasteiger charge is 2.38. The van der Waals surface area contributed by atoms with Crippen LogP contribution < -0.4 is 0 Å². The van der Waals surface area contributed by atoms with Crippen molar-refractivity contribution in [3.63, 3.8) is 0 Å². The standard InChI is InChI=1S/C23H45N3O5/c1-13-26(31-15-14-22(6,7)19(27)25(10)30-12)20(28)23(8,9)16-17(2)18(24-29-11)21(3,4)5/h17H,13-16H2,1-12H3/b24-18+. The van der Waals surface area contributed by atoms with Gasteiger partial charge in [0.15, 0.2) is 0 Å². The highest BCUT2D eigenvalue weighted by Crippen LogP contribution is 2.33. The molecule has 8 heteroatoms. The maximum Gasteiger partial charge on any atom is 0.251 e. The molecule has 0 bridgehead atoms. The smallest absolute Gasteiger partial charge is 0.251 e. The van der Waals surface area contributed by atoms with Gasteiger partial charge < -0.3 is 4.84 Å². The Hall–Kier alpha value is -1.67. The van der Waals surface area contributed by atoms with Crippen LogP contribution in [0.25, 0.3) is 0 Å². The molecule has 1 unspecified atom stereocenters. The van der Waals surface area contributed by atoms with Gasteiger partial charge >= 0.3 is 0 Å². The molecule has 0 heterocycles. The zero-order valence-corrected chi connectivity index (χ0v) is 21.8. The van der Waals surface area contributed by atoms with Crippen LogP contribution in [0, 0.1) is 22.2 Å². The molecule has 0 saturated heterocycles. The van der Waals surface area contributed by atoms with E-state index >= 15 is 0 Å². The van der Waals surface area contributed by atoms with E-state index in [1.807, 2.05) is 34.6 Å². The van der Waals surface area contributed by atoms with Crippen molar-refractivity contribution in [1.29, 1.82) is 0 Å². The van der Waals surface area contributed by atoms with Crippen molar-refractivity contribution >= 4 is 17.5 Å². The number of nitrogens with zero attached hydrogens (tertiary/aromatic N) is 3. The van der Waals surface area contributed by atoms with Gasteiger partial charge in [-0.15, -0.1) is 0 Å². The number of carbonyl (C=O) groups excluding carboxylic acids is 2. The van der Waals surface area contributed by atoms with E-state index in [1.165, 1.54) is 24.3 Å². The average molecular weight is 444 g/mol. The summed E-state index contributed by atoms with van der Waals surface area (Å²) >= 11 is 0. The van der Waals surface area contributed by atoms with E-state index in [4.69, 9.17) is 14.5 Å². The van der Waals surface area contributed by atoms with Gasteiger partial charge in [0.1, 0.15) is 7.11 Å². The lowest BCUT2D eigenvalue weighted by molar-refractivity contribution is -0.200. The second kappa shape index (κ2) is 11.8. The summed E-state index contributed by atoms with van der Waals surface area (Å²) in [5.41, 5.74) is -0.572. The van der Waals surface area contributed by atoms with Crippen LogP contribution in [-0.2, 0) is 24.1 Å². The minimum atomic E-state index is -0.671. The average Bonchev–Trinajstić information content (AvgIpc) is 2.66. The van der Waals surface area contributed by atoms with E-state index in [0.29, 0.717) is 19.4 Å². The Bertz CT molecular complexity index is 623. The van der Waals surface area contributed by atoms with Crippen molar-refractivity contribution in [2.24, 2.45) is 27.3 Å². The summed E-state index contributed by atoms with van der Waals surface area (Å²) in [6.45, 7) is 18.4. The monoisotopic (exact) mass is 443 g/mol. The van der Waals surface area contributed by atoms with Crippen LogP contribution in [0.1, 0.15) is 75.2 Å². The van der Waals surface area contributed by atoms with Gasteiger partial charge in [0.05, 0.1) is 19.4 Å². The van der Waals surface area contributed by atoms with Crippen LogP contribution in [0.2, 0.25) is 0 Å². The van der Waals surface area contributed by atoms with Crippen molar-refractivity contribution in [3.05, 3.63) is 0 Å². The summed E-state index contributed by atoms with van der Waals surface area (Å²) in [7, 11) is 4.57. The van der Waals surface area contributed by atoms with Gasteiger partial charge in [0.25, 0.3) is 11.8 Å². The molecule has 0 radical (unpaired) electrons. The maximum atomic E-state index is 13.2. The molecule has 8 nitrogen and oxygen atoms in total. The molecule has 0 fully saturated rings. The van der Waals surface area contributed by atoms with E-state index in [-0.39, 0.29) is 29.8 Å². The van der Waals surface area contributed by atoms with Crippen LogP contribution in [-0.4, -0.2) is 62.1 Å². The number of hydroxylamine groups is 4. The molecule has 0 N–H and O–H groups in total. The molecule has 0 aliphatic rings. The quantitative estimate of drug-likeness (QED) is 0.332. The summed E-state index contributed by atoms with van der Waals surface area (Å²) in [5, 5.41) is 6.84. The number of hydrogen-bond acceptors (Lipinski definition) is 6.